The van der Waals surface area contributed by atoms with Gasteiger partial charge >= 0.3 is 0 Å². The Kier molecular flexibility index (Phi) is 4.06. The Morgan fingerprint density at radius 3 is 2.73 bits per heavy atom. The summed E-state index contributed by atoms with van der Waals surface area (Å²) < 4.78 is 5.14. The van der Waals surface area contributed by atoms with Crippen LogP contribution in [-0.4, -0.2) is 34.1 Å². The molecule has 5 heteroatoms. The highest BCUT2D eigenvalue weighted by Gasteiger charge is 2.39. The molecular formula is C17H18N2O3. The fourth-order valence-electron chi connectivity index (χ4n) is 2.79. The summed E-state index contributed by atoms with van der Waals surface area (Å²) in [5.41, 5.74) is 1.94. The number of methoxy groups -OCH3 is 1. The van der Waals surface area contributed by atoms with Crippen molar-refractivity contribution in [3.8, 4) is 5.75 Å². The first-order chi connectivity index (χ1) is 10.7. The van der Waals surface area contributed by atoms with Crippen LogP contribution >= 0.6 is 0 Å². The average molecular weight is 298 g/mol. The van der Waals surface area contributed by atoms with Gasteiger partial charge in [0.1, 0.15) is 11.9 Å². The number of hydrogen-bond donors (Lipinski definition) is 1. The monoisotopic (exact) mass is 298 g/mol. The molecule has 1 aromatic carbocycles. The SMILES string of the molecule is COc1ccc(CN2C(=O)[C@H](O)C[C@H]2c2cccnc2)cc1. The molecular weight excluding hydrogens is 280 g/mol. The van der Waals surface area contributed by atoms with Gasteiger partial charge in [0.2, 0.25) is 0 Å². The molecule has 0 aliphatic carbocycles. The number of aromatic nitrogens is 1. The van der Waals surface area contributed by atoms with Crippen LogP contribution in [0.4, 0.5) is 0 Å². The Balaban J connectivity index is 1.83. The van der Waals surface area contributed by atoms with Crippen LogP contribution in [0.3, 0.4) is 0 Å². The number of carbonyl (C=O) groups is 1. The number of aliphatic hydroxyl groups is 1. The molecule has 2 aromatic rings. The first-order valence-electron chi connectivity index (χ1n) is 7.20. The molecule has 1 aromatic heterocycles. The molecule has 1 N–H and O–H groups in total. The van der Waals surface area contributed by atoms with E-state index in [1.165, 1.54) is 0 Å². The van der Waals surface area contributed by atoms with E-state index in [1.54, 1.807) is 24.4 Å². The second-order valence-corrected chi connectivity index (χ2v) is 5.37. The number of pyridine rings is 1. The third-order valence-electron chi connectivity index (χ3n) is 3.97. The molecule has 0 radical (unpaired) electrons. The molecule has 22 heavy (non-hydrogen) atoms. The lowest BCUT2D eigenvalue weighted by Gasteiger charge is -2.24. The first-order valence-corrected chi connectivity index (χ1v) is 7.20. The second-order valence-electron chi connectivity index (χ2n) is 5.37. The van der Waals surface area contributed by atoms with Crippen molar-refractivity contribution in [2.75, 3.05) is 7.11 Å². The van der Waals surface area contributed by atoms with Crippen LogP contribution in [0.1, 0.15) is 23.6 Å². The van der Waals surface area contributed by atoms with Crippen molar-refractivity contribution >= 4 is 5.91 Å². The number of ether oxygens (including phenoxy) is 1. The highest BCUT2D eigenvalue weighted by atomic mass is 16.5. The minimum absolute atomic E-state index is 0.140. The molecule has 3 rings (SSSR count). The Morgan fingerprint density at radius 2 is 2.09 bits per heavy atom. The largest absolute Gasteiger partial charge is 0.497 e. The van der Waals surface area contributed by atoms with Crippen LogP contribution < -0.4 is 4.74 Å². The quantitative estimate of drug-likeness (QED) is 0.937. The van der Waals surface area contributed by atoms with Crippen LogP contribution in [0.15, 0.2) is 48.8 Å². The van der Waals surface area contributed by atoms with E-state index in [2.05, 4.69) is 4.98 Å². The van der Waals surface area contributed by atoms with Gasteiger partial charge in [0.15, 0.2) is 0 Å². The fraction of sp³-hybridized carbons (Fsp3) is 0.294. The van der Waals surface area contributed by atoms with E-state index in [0.29, 0.717) is 13.0 Å². The Labute approximate surface area is 129 Å². The third kappa shape index (κ3) is 2.80. The minimum Gasteiger partial charge on any atom is -0.497 e. The molecule has 0 saturated carbocycles. The zero-order valence-electron chi connectivity index (χ0n) is 12.3. The number of benzene rings is 1. The number of likely N-dealkylation sites (tertiary alicyclic amines) is 1. The maximum atomic E-state index is 12.2. The Bertz CT molecular complexity index is 643. The maximum Gasteiger partial charge on any atom is 0.252 e. The second kappa shape index (κ2) is 6.15. The van der Waals surface area contributed by atoms with E-state index in [-0.39, 0.29) is 11.9 Å². The van der Waals surface area contributed by atoms with Gasteiger partial charge in [-0.25, -0.2) is 0 Å². The molecule has 1 saturated heterocycles. The number of nitrogens with zero attached hydrogens (tertiary/aromatic N) is 2. The first kappa shape index (κ1) is 14.5. The summed E-state index contributed by atoms with van der Waals surface area (Å²) in [5, 5.41) is 9.93. The van der Waals surface area contributed by atoms with E-state index >= 15 is 0 Å². The summed E-state index contributed by atoms with van der Waals surface area (Å²) in [6.45, 7) is 0.458. The zero-order chi connectivity index (χ0) is 15.5. The van der Waals surface area contributed by atoms with E-state index < -0.39 is 6.10 Å². The van der Waals surface area contributed by atoms with Gasteiger partial charge in [-0.3, -0.25) is 9.78 Å². The maximum absolute atomic E-state index is 12.2. The van der Waals surface area contributed by atoms with Crippen LogP contribution in [0.2, 0.25) is 0 Å². The van der Waals surface area contributed by atoms with Gasteiger partial charge in [-0.2, -0.15) is 0 Å². The number of rotatable bonds is 4. The highest BCUT2D eigenvalue weighted by Crippen LogP contribution is 2.34. The lowest BCUT2D eigenvalue weighted by Crippen LogP contribution is -2.30. The van der Waals surface area contributed by atoms with E-state index in [9.17, 15) is 9.90 Å². The number of amides is 1. The number of aliphatic hydroxyl groups excluding tert-OH is 1. The average Bonchev–Trinajstić information content (AvgIpc) is 2.85. The summed E-state index contributed by atoms with van der Waals surface area (Å²) in [7, 11) is 1.62. The molecule has 1 amide bonds. The van der Waals surface area contributed by atoms with Gasteiger partial charge in [-0.1, -0.05) is 18.2 Å². The summed E-state index contributed by atoms with van der Waals surface area (Å²) in [6, 6.07) is 11.2. The van der Waals surface area contributed by atoms with Gasteiger partial charge in [-0.05, 0) is 29.3 Å². The topological polar surface area (TPSA) is 62.7 Å². The fourth-order valence-corrected chi connectivity index (χ4v) is 2.79. The summed E-state index contributed by atoms with van der Waals surface area (Å²) in [6.07, 6.45) is 2.91. The minimum atomic E-state index is -0.941. The molecule has 2 heterocycles. The van der Waals surface area contributed by atoms with Crippen molar-refractivity contribution in [3.05, 3.63) is 59.9 Å². The summed E-state index contributed by atoms with van der Waals surface area (Å²) in [5.74, 6) is 0.546. The normalized spacial score (nSPS) is 21.2. The smallest absolute Gasteiger partial charge is 0.252 e. The predicted molar refractivity (Wildman–Crippen MR) is 81.1 cm³/mol. The van der Waals surface area contributed by atoms with E-state index in [1.807, 2.05) is 36.4 Å². The van der Waals surface area contributed by atoms with Gasteiger partial charge in [0, 0.05) is 25.4 Å². The van der Waals surface area contributed by atoms with Crippen LogP contribution in [0, 0.1) is 0 Å². The number of hydrogen-bond acceptors (Lipinski definition) is 4. The van der Waals surface area contributed by atoms with Crippen LogP contribution in [0.5, 0.6) is 5.75 Å². The summed E-state index contributed by atoms with van der Waals surface area (Å²) >= 11 is 0. The Morgan fingerprint density at radius 1 is 1.32 bits per heavy atom. The lowest BCUT2D eigenvalue weighted by molar-refractivity contribution is -0.135. The van der Waals surface area contributed by atoms with Crippen molar-refractivity contribution in [1.29, 1.82) is 0 Å². The molecule has 114 valence electrons. The summed E-state index contributed by atoms with van der Waals surface area (Å²) in [4.78, 5) is 18.1. The van der Waals surface area contributed by atoms with Crippen LogP contribution in [0.25, 0.3) is 0 Å². The van der Waals surface area contributed by atoms with E-state index in [4.69, 9.17) is 4.74 Å². The zero-order valence-corrected chi connectivity index (χ0v) is 12.3. The predicted octanol–water partition coefficient (Wildman–Crippen LogP) is 1.92. The molecule has 0 unspecified atom stereocenters. The van der Waals surface area contributed by atoms with Crippen LogP contribution in [-0.2, 0) is 11.3 Å². The molecule has 0 spiro atoms. The Hall–Kier alpha value is -2.40. The lowest BCUT2D eigenvalue weighted by atomic mass is 10.1. The van der Waals surface area contributed by atoms with Crippen molar-refractivity contribution in [2.45, 2.75) is 25.1 Å². The van der Waals surface area contributed by atoms with Gasteiger partial charge in [0.05, 0.1) is 13.2 Å². The molecule has 1 aliphatic heterocycles. The standard InChI is InChI=1S/C17H18N2O3/c1-22-14-6-4-12(5-7-14)11-19-15(9-16(20)17(19)21)13-3-2-8-18-10-13/h2-8,10,15-16,20H,9,11H2,1H3/t15-,16+/m0/s1. The molecule has 1 aliphatic rings. The molecule has 5 nitrogen and oxygen atoms in total. The highest BCUT2D eigenvalue weighted by molar-refractivity contribution is 5.83. The third-order valence-corrected chi connectivity index (χ3v) is 3.97. The van der Waals surface area contributed by atoms with Gasteiger partial charge < -0.3 is 14.7 Å². The molecule has 2 atom stereocenters. The van der Waals surface area contributed by atoms with Gasteiger partial charge in [0.25, 0.3) is 5.91 Å². The van der Waals surface area contributed by atoms with Crippen molar-refractivity contribution in [3.63, 3.8) is 0 Å². The van der Waals surface area contributed by atoms with Crippen molar-refractivity contribution < 1.29 is 14.6 Å². The van der Waals surface area contributed by atoms with E-state index in [0.717, 1.165) is 16.9 Å². The van der Waals surface area contributed by atoms with Crippen molar-refractivity contribution in [1.82, 2.24) is 9.88 Å². The molecule has 1 fully saturated rings. The van der Waals surface area contributed by atoms with Crippen molar-refractivity contribution in [2.24, 2.45) is 0 Å². The van der Waals surface area contributed by atoms with Gasteiger partial charge in [-0.15, -0.1) is 0 Å². The number of carbonyl (C=O) groups excluding carboxylic acids is 1. The molecule has 0 bridgehead atoms.